The number of nitrogens with zero attached hydrogens (tertiary/aromatic N) is 1. The summed E-state index contributed by atoms with van der Waals surface area (Å²) in [5.74, 6) is 0.178. The van der Waals surface area contributed by atoms with E-state index in [9.17, 15) is 9.90 Å². The molecule has 2 aromatic rings. The SMILES string of the molecule is CCC(C)c1cc(C(=O)NCCC(O)c2ccccc2)on1. The van der Waals surface area contributed by atoms with Crippen molar-refractivity contribution in [1.82, 2.24) is 10.5 Å². The Labute approximate surface area is 130 Å². The second-order valence-electron chi connectivity index (χ2n) is 5.40. The lowest BCUT2D eigenvalue weighted by atomic mass is 10.1. The van der Waals surface area contributed by atoms with Gasteiger partial charge in [0.2, 0.25) is 5.76 Å². The number of benzene rings is 1. The van der Waals surface area contributed by atoms with Gasteiger partial charge in [-0.3, -0.25) is 4.79 Å². The lowest BCUT2D eigenvalue weighted by Crippen LogP contribution is -2.25. The largest absolute Gasteiger partial charge is 0.388 e. The number of hydrogen-bond donors (Lipinski definition) is 2. The molecule has 1 heterocycles. The molecule has 1 aromatic carbocycles. The van der Waals surface area contributed by atoms with Gasteiger partial charge in [0, 0.05) is 18.5 Å². The topological polar surface area (TPSA) is 75.4 Å². The Hall–Kier alpha value is -2.14. The predicted molar refractivity (Wildman–Crippen MR) is 83.6 cm³/mol. The van der Waals surface area contributed by atoms with Gasteiger partial charge < -0.3 is 14.9 Å². The molecule has 5 heteroatoms. The van der Waals surface area contributed by atoms with Crippen LogP contribution >= 0.6 is 0 Å². The highest BCUT2D eigenvalue weighted by Gasteiger charge is 2.16. The molecule has 0 aliphatic carbocycles. The van der Waals surface area contributed by atoms with Gasteiger partial charge in [-0.25, -0.2) is 0 Å². The van der Waals surface area contributed by atoms with Crippen molar-refractivity contribution in [1.29, 1.82) is 0 Å². The first-order valence-corrected chi connectivity index (χ1v) is 7.59. The standard InChI is InChI=1S/C17H22N2O3/c1-3-12(2)14-11-16(22-19-14)17(21)18-10-9-15(20)13-7-5-4-6-8-13/h4-8,11-12,15,20H,3,9-10H2,1-2H3,(H,18,21). The van der Waals surface area contributed by atoms with E-state index in [2.05, 4.69) is 17.4 Å². The molecule has 5 nitrogen and oxygen atoms in total. The molecule has 1 amide bonds. The molecule has 2 atom stereocenters. The van der Waals surface area contributed by atoms with Crippen LogP contribution in [0.1, 0.15) is 60.5 Å². The number of nitrogens with one attached hydrogen (secondary N) is 1. The molecule has 0 spiro atoms. The Morgan fingerprint density at radius 1 is 1.36 bits per heavy atom. The molecule has 2 N–H and O–H groups in total. The monoisotopic (exact) mass is 302 g/mol. The summed E-state index contributed by atoms with van der Waals surface area (Å²) in [6.45, 7) is 4.47. The van der Waals surface area contributed by atoms with Crippen molar-refractivity contribution < 1.29 is 14.4 Å². The Morgan fingerprint density at radius 2 is 2.09 bits per heavy atom. The summed E-state index contributed by atoms with van der Waals surface area (Å²) in [6, 6.07) is 11.1. The van der Waals surface area contributed by atoms with Crippen LogP contribution in [0.25, 0.3) is 0 Å². The highest BCUT2D eigenvalue weighted by molar-refractivity contribution is 5.91. The molecule has 0 saturated carbocycles. The van der Waals surface area contributed by atoms with Crippen LogP contribution in [-0.2, 0) is 0 Å². The maximum atomic E-state index is 12.0. The van der Waals surface area contributed by atoms with Gasteiger partial charge in [-0.2, -0.15) is 0 Å². The third kappa shape index (κ3) is 4.18. The van der Waals surface area contributed by atoms with E-state index in [-0.39, 0.29) is 17.6 Å². The van der Waals surface area contributed by atoms with Crippen LogP contribution in [0.5, 0.6) is 0 Å². The van der Waals surface area contributed by atoms with Gasteiger partial charge in [-0.15, -0.1) is 0 Å². The highest BCUT2D eigenvalue weighted by atomic mass is 16.5. The van der Waals surface area contributed by atoms with Crippen molar-refractivity contribution in [3.05, 3.63) is 53.4 Å². The molecule has 0 fully saturated rings. The van der Waals surface area contributed by atoms with Gasteiger partial charge in [0.25, 0.3) is 5.91 Å². The normalized spacial score (nSPS) is 13.6. The number of carbonyl (C=O) groups excluding carboxylic acids is 1. The summed E-state index contributed by atoms with van der Waals surface area (Å²) in [7, 11) is 0. The van der Waals surface area contributed by atoms with Crippen LogP contribution in [0.2, 0.25) is 0 Å². The number of aromatic nitrogens is 1. The Bertz CT molecular complexity index is 595. The number of amides is 1. The maximum absolute atomic E-state index is 12.0. The molecule has 1 aromatic heterocycles. The minimum absolute atomic E-state index is 0.213. The summed E-state index contributed by atoms with van der Waals surface area (Å²) in [5.41, 5.74) is 1.63. The Morgan fingerprint density at radius 3 is 2.77 bits per heavy atom. The fourth-order valence-electron chi connectivity index (χ4n) is 2.09. The van der Waals surface area contributed by atoms with Crippen LogP contribution in [0, 0.1) is 0 Å². The first kappa shape index (κ1) is 16.2. The van der Waals surface area contributed by atoms with Crippen molar-refractivity contribution >= 4 is 5.91 Å². The Balaban J connectivity index is 1.82. The van der Waals surface area contributed by atoms with Crippen LogP contribution < -0.4 is 5.32 Å². The van der Waals surface area contributed by atoms with Crippen LogP contribution in [-0.4, -0.2) is 22.7 Å². The number of hydrogen-bond acceptors (Lipinski definition) is 4. The van der Waals surface area contributed by atoms with Gasteiger partial charge in [0.15, 0.2) is 0 Å². The van der Waals surface area contributed by atoms with E-state index in [1.165, 1.54) is 0 Å². The van der Waals surface area contributed by atoms with E-state index in [4.69, 9.17) is 4.52 Å². The summed E-state index contributed by atoms with van der Waals surface area (Å²) in [6.07, 6.45) is 0.797. The lowest BCUT2D eigenvalue weighted by Gasteiger charge is -2.10. The third-order valence-electron chi connectivity index (χ3n) is 3.76. The maximum Gasteiger partial charge on any atom is 0.289 e. The van der Waals surface area contributed by atoms with Crippen molar-refractivity contribution in [3.63, 3.8) is 0 Å². The van der Waals surface area contributed by atoms with Crippen molar-refractivity contribution in [2.75, 3.05) is 6.54 Å². The molecule has 0 aliphatic heterocycles. The van der Waals surface area contributed by atoms with E-state index in [0.29, 0.717) is 13.0 Å². The zero-order chi connectivity index (χ0) is 15.9. The summed E-state index contributed by atoms with van der Waals surface area (Å²) in [4.78, 5) is 12.0. The fraction of sp³-hybridized carbons (Fsp3) is 0.412. The first-order chi connectivity index (χ1) is 10.6. The fourth-order valence-corrected chi connectivity index (χ4v) is 2.09. The third-order valence-corrected chi connectivity index (χ3v) is 3.76. The number of aliphatic hydroxyl groups is 1. The summed E-state index contributed by atoms with van der Waals surface area (Å²) in [5, 5.41) is 16.7. The van der Waals surface area contributed by atoms with Gasteiger partial charge in [0.1, 0.15) is 0 Å². The molecule has 118 valence electrons. The van der Waals surface area contributed by atoms with Gasteiger partial charge >= 0.3 is 0 Å². The molecule has 2 rings (SSSR count). The predicted octanol–water partition coefficient (Wildman–Crippen LogP) is 3.04. The van der Waals surface area contributed by atoms with E-state index in [1.807, 2.05) is 37.3 Å². The minimum atomic E-state index is -0.591. The molecular weight excluding hydrogens is 280 g/mol. The first-order valence-electron chi connectivity index (χ1n) is 7.59. The van der Waals surface area contributed by atoms with Gasteiger partial charge in [0.05, 0.1) is 11.8 Å². The van der Waals surface area contributed by atoms with Gasteiger partial charge in [-0.05, 0) is 18.4 Å². The van der Waals surface area contributed by atoms with Gasteiger partial charge in [-0.1, -0.05) is 49.3 Å². The quantitative estimate of drug-likeness (QED) is 0.824. The van der Waals surface area contributed by atoms with E-state index < -0.39 is 6.10 Å². The zero-order valence-corrected chi connectivity index (χ0v) is 13.0. The molecule has 0 bridgehead atoms. The second-order valence-corrected chi connectivity index (χ2v) is 5.40. The molecule has 0 aliphatic rings. The van der Waals surface area contributed by atoms with Crippen LogP contribution in [0.15, 0.2) is 40.9 Å². The zero-order valence-electron chi connectivity index (χ0n) is 13.0. The molecule has 2 unspecified atom stereocenters. The number of carbonyl (C=O) groups is 1. The smallest absolute Gasteiger partial charge is 0.289 e. The van der Waals surface area contributed by atoms with E-state index in [0.717, 1.165) is 17.7 Å². The van der Waals surface area contributed by atoms with E-state index in [1.54, 1.807) is 6.07 Å². The molecule has 22 heavy (non-hydrogen) atoms. The number of rotatable bonds is 7. The highest BCUT2D eigenvalue weighted by Crippen LogP contribution is 2.18. The lowest BCUT2D eigenvalue weighted by molar-refractivity contribution is 0.0906. The van der Waals surface area contributed by atoms with Crippen molar-refractivity contribution in [2.24, 2.45) is 0 Å². The van der Waals surface area contributed by atoms with Crippen molar-refractivity contribution in [2.45, 2.75) is 38.7 Å². The van der Waals surface area contributed by atoms with Crippen molar-refractivity contribution in [3.8, 4) is 0 Å². The van der Waals surface area contributed by atoms with Crippen LogP contribution in [0.4, 0.5) is 0 Å². The molecule has 0 radical (unpaired) electrons. The van der Waals surface area contributed by atoms with Crippen LogP contribution in [0.3, 0.4) is 0 Å². The summed E-state index contributed by atoms with van der Waals surface area (Å²) < 4.78 is 5.07. The molecular formula is C17H22N2O3. The Kier molecular flexibility index (Phi) is 5.72. The number of aliphatic hydroxyl groups excluding tert-OH is 1. The average Bonchev–Trinajstić information content (AvgIpc) is 3.04. The molecule has 0 saturated heterocycles. The minimum Gasteiger partial charge on any atom is -0.388 e. The second kappa shape index (κ2) is 7.75. The summed E-state index contributed by atoms with van der Waals surface area (Å²) >= 11 is 0. The van der Waals surface area contributed by atoms with E-state index >= 15 is 0 Å². The average molecular weight is 302 g/mol.